The van der Waals surface area contributed by atoms with Crippen LogP contribution in [0, 0.1) is 24.6 Å². The number of hydrogen-bond acceptors (Lipinski definition) is 3. The summed E-state index contributed by atoms with van der Waals surface area (Å²) in [6.07, 6.45) is 2.25. The zero-order chi connectivity index (χ0) is 16.6. The van der Waals surface area contributed by atoms with E-state index in [1.807, 2.05) is 0 Å². The molecule has 0 bridgehead atoms. The van der Waals surface area contributed by atoms with Crippen LogP contribution < -0.4 is 5.32 Å². The van der Waals surface area contributed by atoms with Crippen molar-refractivity contribution in [1.82, 2.24) is 9.97 Å². The summed E-state index contributed by atoms with van der Waals surface area (Å²) < 4.78 is 14.2. The molecule has 23 heavy (non-hydrogen) atoms. The lowest BCUT2D eigenvalue weighted by atomic mass is 9.99. The number of aryl methyl sites for hydroxylation is 1. The van der Waals surface area contributed by atoms with E-state index in [0.29, 0.717) is 22.5 Å². The van der Waals surface area contributed by atoms with Crippen LogP contribution in [0.25, 0.3) is 11.6 Å². The number of amides is 1. The second-order valence-electron chi connectivity index (χ2n) is 5.20. The molecule has 2 heterocycles. The van der Waals surface area contributed by atoms with Gasteiger partial charge in [0.05, 0.1) is 34.5 Å². The van der Waals surface area contributed by atoms with E-state index in [-0.39, 0.29) is 11.5 Å². The molecular formula is C17H14FN3O2. The maximum atomic E-state index is 14.2. The number of carbonyl (C=O) groups excluding carboxylic acids is 1. The van der Waals surface area contributed by atoms with E-state index >= 15 is 0 Å². The van der Waals surface area contributed by atoms with Gasteiger partial charge >= 0.3 is 0 Å². The molecule has 0 aliphatic carbocycles. The Morgan fingerprint density at radius 1 is 1.43 bits per heavy atom. The number of hydrogen-bond donors (Lipinski definition) is 3. The van der Waals surface area contributed by atoms with Gasteiger partial charge in [-0.3, -0.25) is 4.79 Å². The average Bonchev–Trinajstić information content (AvgIpc) is 3.03. The van der Waals surface area contributed by atoms with Crippen molar-refractivity contribution in [2.45, 2.75) is 20.0 Å². The SMILES string of the molecule is Cc1nc[nH]c1/C=C1\C(=O)Nc2ccc(F)c(C#C[C@@H](C)O)c21. The van der Waals surface area contributed by atoms with Gasteiger partial charge in [0.15, 0.2) is 0 Å². The van der Waals surface area contributed by atoms with Crippen LogP contribution in [0.5, 0.6) is 0 Å². The molecule has 0 spiro atoms. The van der Waals surface area contributed by atoms with Crippen LogP contribution in [-0.2, 0) is 4.79 Å². The minimum absolute atomic E-state index is 0.0881. The van der Waals surface area contributed by atoms with Gasteiger partial charge in [-0.15, -0.1) is 0 Å². The predicted octanol–water partition coefficient (Wildman–Crippen LogP) is 2.08. The summed E-state index contributed by atoms with van der Waals surface area (Å²) in [4.78, 5) is 19.2. The Morgan fingerprint density at radius 3 is 2.87 bits per heavy atom. The molecule has 1 aromatic carbocycles. The maximum absolute atomic E-state index is 14.2. The highest BCUT2D eigenvalue weighted by Gasteiger charge is 2.28. The number of anilines is 1. The van der Waals surface area contributed by atoms with Crippen molar-refractivity contribution in [3.8, 4) is 11.8 Å². The number of imidazole rings is 1. The number of aliphatic hydroxyl groups is 1. The molecule has 1 aromatic heterocycles. The lowest BCUT2D eigenvalue weighted by Gasteiger charge is -2.04. The fourth-order valence-corrected chi connectivity index (χ4v) is 2.36. The van der Waals surface area contributed by atoms with Gasteiger partial charge in [-0.25, -0.2) is 9.37 Å². The van der Waals surface area contributed by atoms with Gasteiger partial charge < -0.3 is 15.4 Å². The zero-order valence-electron chi connectivity index (χ0n) is 12.6. The number of H-pyrrole nitrogens is 1. The highest BCUT2D eigenvalue weighted by atomic mass is 19.1. The molecule has 1 aliphatic rings. The standard InChI is InChI=1S/C17H14FN3O2/c1-9(22)3-4-11-13(18)5-6-14-16(11)12(17(23)21-14)7-15-10(2)19-8-20-15/h5-9,22H,1-2H3,(H,19,20)(H,21,23)/b12-7-/t9-/m1/s1. The Hall–Kier alpha value is -2.91. The van der Waals surface area contributed by atoms with Gasteiger partial charge in [-0.2, -0.15) is 0 Å². The number of aromatic nitrogens is 2. The first-order valence-electron chi connectivity index (χ1n) is 7.03. The molecular weight excluding hydrogens is 297 g/mol. The Labute approximate surface area is 132 Å². The molecule has 2 aromatic rings. The summed E-state index contributed by atoms with van der Waals surface area (Å²) in [5, 5.41) is 12.0. The first-order chi connectivity index (χ1) is 11.0. The summed E-state index contributed by atoms with van der Waals surface area (Å²) in [5.41, 5.74) is 2.69. The predicted molar refractivity (Wildman–Crippen MR) is 84.8 cm³/mol. The van der Waals surface area contributed by atoms with Crippen LogP contribution in [-0.4, -0.2) is 27.1 Å². The summed E-state index contributed by atoms with van der Waals surface area (Å²) in [7, 11) is 0. The van der Waals surface area contributed by atoms with E-state index < -0.39 is 11.9 Å². The second-order valence-corrected chi connectivity index (χ2v) is 5.20. The monoisotopic (exact) mass is 311 g/mol. The first-order valence-corrected chi connectivity index (χ1v) is 7.03. The molecule has 0 saturated carbocycles. The number of aliphatic hydroxyl groups excluding tert-OH is 1. The number of nitrogens with one attached hydrogen (secondary N) is 2. The van der Waals surface area contributed by atoms with Gasteiger partial charge in [-0.05, 0) is 32.1 Å². The molecule has 3 rings (SSSR count). The van der Waals surface area contributed by atoms with Crippen LogP contribution in [0.4, 0.5) is 10.1 Å². The zero-order valence-corrected chi connectivity index (χ0v) is 12.6. The molecule has 5 nitrogen and oxygen atoms in total. The Morgan fingerprint density at radius 2 is 2.22 bits per heavy atom. The molecule has 0 fully saturated rings. The minimum atomic E-state index is -0.891. The van der Waals surface area contributed by atoms with Crippen molar-refractivity contribution >= 4 is 23.2 Å². The van der Waals surface area contributed by atoms with E-state index in [2.05, 4.69) is 27.1 Å². The summed E-state index contributed by atoms with van der Waals surface area (Å²) in [6.45, 7) is 3.29. The summed E-state index contributed by atoms with van der Waals surface area (Å²) >= 11 is 0. The molecule has 1 amide bonds. The van der Waals surface area contributed by atoms with Crippen LogP contribution in [0.2, 0.25) is 0 Å². The molecule has 1 aliphatic heterocycles. The van der Waals surface area contributed by atoms with Crippen LogP contribution in [0.3, 0.4) is 0 Å². The van der Waals surface area contributed by atoms with Crippen molar-refractivity contribution in [3.05, 3.63) is 46.8 Å². The highest BCUT2D eigenvalue weighted by molar-refractivity contribution is 6.35. The molecule has 1 atom stereocenters. The molecule has 0 unspecified atom stereocenters. The van der Waals surface area contributed by atoms with Crippen molar-refractivity contribution in [2.24, 2.45) is 0 Å². The number of rotatable bonds is 1. The second kappa shape index (κ2) is 5.71. The van der Waals surface area contributed by atoms with Crippen LogP contribution in [0.1, 0.15) is 29.4 Å². The Balaban J connectivity index is 2.21. The molecule has 3 N–H and O–H groups in total. The van der Waals surface area contributed by atoms with E-state index in [1.165, 1.54) is 25.4 Å². The number of nitrogens with zero attached hydrogens (tertiary/aromatic N) is 1. The topological polar surface area (TPSA) is 78.0 Å². The van der Waals surface area contributed by atoms with E-state index in [9.17, 15) is 14.3 Å². The van der Waals surface area contributed by atoms with Crippen molar-refractivity contribution in [2.75, 3.05) is 5.32 Å². The average molecular weight is 311 g/mol. The van der Waals surface area contributed by atoms with Crippen molar-refractivity contribution < 1.29 is 14.3 Å². The summed E-state index contributed by atoms with van der Waals surface area (Å²) in [5.74, 6) is 4.27. The molecule has 0 radical (unpaired) electrons. The summed E-state index contributed by atoms with van der Waals surface area (Å²) in [6, 6.07) is 2.74. The van der Waals surface area contributed by atoms with Crippen LogP contribution >= 0.6 is 0 Å². The fourth-order valence-electron chi connectivity index (χ4n) is 2.36. The smallest absolute Gasteiger partial charge is 0.256 e. The first kappa shape index (κ1) is 15.0. The van der Waals surface area contributed by atoms with Crippen LogP contribution in [0.15, 0.2) is 18.5 Å². The Kier molecular flexibility index (Phi) is 3.72. The quantitative estimate of drug-likeness (QED) is 0.557. The third-order valence-electron chi connectivity index (χ3n) is 3.48. The van der Waals surface area contributed by atoms with E-state index in [4.69, 9.17) is 0 Å². The number of fused-ring (bicyclic) bond motifs is 1. The molecule has 0 saturated heterocycles. The van der Waals surface area contributed by atoms with E-state index in [0.717, 1.165) is 5.69 Å². The highest BCUT2D eigenvalue weighted by Crippen LogP contribution is 2.36. The van der Waals surface area contributed by atoms with Gasteiger partial charge in [0.2, 0.25) is 0 Å². The molecule has 6 heteroatoms. The third kappa shape index (κ3) is 2.74. The van der Waals surface area contributed by atoms with Gasteiger partial charge in [-0.1, -0.05) is 11.8 Å². The minimum Gasteiger partial charge on any atom is -0.381 e. The van der Waals surface area contributed by atoms with E-state index in [1.54, 1.807) is 13.0 Å². The fraction of sp³-hybridized carbons (Fsp3) is 0.176. The number of benzene rings is 1. The molecule has 116 valence electrons. The lowest BCUT2D eigenvalue weighted by Crippen LogP contribution is -2.03. The lowest BCUT2D eigenvalue weighted by molar-refractivity contribution is -0.110. The maximum Gasteiger partial charge on any atom is 0.256 e. The van der Waals surface area contributed by atoms with Crippen molar-refractivity contribution in [3.63, 3.8) is 0 Å². The Bertz CT molecular complexity index is 885. The normalized spacial score (nSPS) is 15.8. The van der Waals surface area contributed by atoms with Gasteiger partial charge in [0.25, 0.3) is 5.91 Å². The van der Waals surface area contributed by atoms with Gasteiger partial charge in [0.1, 0.15) is 11.9 Å². The number of carbonyl (C=O) groups is 1. The van der Waals surface area contributed by atoms with Gasteiger partial charge in [0, 0.05) is 5.56 Å². The van der Waals surface area contributed by atoms with Crippen molar-refractivity contribution in [1.29, 1.82) is 0 Å². The third-order valence-corrected chi connectivity index (χ3v) is 3.48. The number of halogens is 1. The number of aromatic amines is 1. The largest absolute Gasteiger partial charge is 0.381 e.